The number of ether oxygens (including phenoxy) is 1. The Morgan fingerprint density at radius 2 is 2.27 bits per heavy atom. The Morgan fingerprint density at radius 3 is 2.67 bits per heavy atom. The number of pyridine rings is 1. The van der Waals surface area contributed by atoms with Crippen molar-refractivity contribution in [3.63, 3.8) is 0 Å². The van der Waals surface area contributed by atoms with Gasteiger partial charge in [0, 0.05) is 4.98 Å². The molecule has 1 heterocycles. The van der Waals surface area contributed by atoms with E-state index in [4.69, 9.17) is 0 Å². The molecule has 0 bridgehead atoms. The van der Waals surface area contributed by atoms with Gasteiger partial charge in [-0.05, 0) is 26.9 Å². The number of nitro groups is 1. The highest BCUT2D eigenvalue weighted by Crippen LogP contribution is 2.34. The Balaban J connectivity index is 3.39. The van der Waals surface area contributed by atoms with E-state index in [0.29, 0.717) is 0 Å². The molecule has 0 radical (unpaired) electrons. The van der Waals surface area contributed by atoms with Crippen LogP contribution in [0.25, 0.3) is 0 Å². The van der Waals surface area contributed by atoms with Crippen LogP contribution in [0, 0.1) is 10.1 Å². The first kappa shape index (κ1) is 11.8. The molecular weight excluding hydrogens is 278 g/mol. The predicted octanol–water partition coefficient (Wildman–Crippen LogP) is 2.70. The highest BCUT2D eigenvalue weighted by molar-refractivity contribution is 9.10. The standard InChI is InChI=1S/C7H5BrF2N2O3/c1-15-7-4(8)2-3(5(9)10)6(11-7)12(13)14/h2,5H,1H3. The fraction of sp³-hybridized carbons (Fsp3) is 0.286. The van der Waals surface area contributed by atoms with Crippen molar-refractivity contribution in [3.8, 4) is 5.88 Å². The largest absolute Gasteiger partial charge is 0.462 e. The predicted molar refractivity (Wildman–Crippen MR) is 50.1 cm³/mol. The normalized spacial score (nSPS) is 10.5. The number of nitrogens with zero attached hydrogens (tertiary/aromatic N) is 2. The molecule has 0 saturated heterocycles. The van der Waals surface area contributed by atoms with Crippen LogP contribution >= 0.6 is 15.9 Å². The van der Waals surface area contributed by atoms with Gasteiger partial charge in [0.1, 0.15) is 10.0 Å². The molecule has 8 heteroatoms. The van der Waals surface area contributed by atoms with Crippen molar-refractivity contribution in [2.45, 2.75) is 6.43 Å². The van der Waals surface area contributed by atoms with Crippen LogP contribution in [-0.4, -0.2) is 17.0 Å². The van der Waals surface area contributed by atoms with Crippen LogP contribution in [-0.2, 0) is 0 Å². The number of methoxy groups -OCH3 is 1. The van der Waals surface area contributed by atoms with E-state index in [2.05, 4.69) is 25.7 Å². The Labute approximate surface area is 91.3 Å². The van der Waals surface area contributed by atoms with Gasteiger partial charge < -0.3 is 14.9 Å². The summed E-state index contributed by atoms with van der Waals surface area (Å²) >= 11 is 2.92. The van der Waals surface area contributed by atoms with Crippen molar-refractivity contribution in [3.05, 3.63) is 26.2 Å². The smallest absolute Gasteiger partial charge is 0.376 e. The molecule has 1 aromatic heterocycles. The average Bonchev–Trinajstić information content (AvgIpc) is 2.16. The molecule has 0 aromatic carbocycles. The molecule has 0 N–H and O–H groups in total. The second kappa shape index (κ2) is 4.47. The summed E-state index contributed by atoms with van der Waals surface area (Å²) < 4.78 is 29.6. The van der Waals surface area contributed by atoms with Gasteiger partial charge in [0.05, 0.1) is 7.11 Å². The molecule has 82 valence electrons. The lowest BCUT2D eigenvalue weighted by atomic mass is 10.2. The Kier molecular flexibility index (Phi) is 3.51. The fourth-order valence-electron chi connectivity index (χ4n) is 0.927. The van der Waals surface area contributed by atoms with Gasteiger partial charge in [-0.2, -0.15) is 0 Å². The lowest BCUT2D eigenvalue weighted by molar-refractivity contribution is -0.391. The minimum Gasteiger partial charge on any atom is -0.462 e. The molecule has 0 amide bonds. The monoisotopic (exact) mass is 282 g/mol. The highest BCUT2D eigenvalue weighted by atomic mass is 79.9. The summed E-state index contributed by atoms with van der Waals surface area (Å²) in [4.78, 5) is 12.8. The molecule has 0 fully saturated rings. The van der Waals surface area contributed by atoms with E-state index in [1.807, 2.05) is 0 Å². The molecule has 0 unspecified atom stereocenters. The first-order chi connectivity index (χ1) is 6.97. The van der Waals surface area contributed by atoms with Crippen LogP contribution in [0.2, 0.25) is 0 Å². The van der Waals surface area contributed by atoms with E-state index in [1.165, 1.54) is 7.11 Å². The Morgan fingerprint density at radius 1 is 1.67 bits per heavy atom. The lowest BCUT2D eigenvalue weighted by Crippen LogP contribution is -2.01. The number of alkyl halides is 2. The minimum atomic E-state index is -2.96. The highest BCUT2D eigenvalue weighted by Gasteiger charge is 2.27. The van der Waals surface area contributed by atoms with E-state index in [1.54, 1.807) is 0 Å². The maximum absolute atomic E-state index is 12.4. The van der Waals surface area contributed by atoms with Crippen molar-refractivity contribution in [1.29, 1.82) is 0 Å². The summed E-state index contributed by atoms with van der Waals surface area (Å²) in [5.74, 6) is -1.00. The molecule has 15 heavy (non-hydrogen) atoms. The van der Waals surface area contributed by atoms with Gasteiger partial charge in [-0.1, -0.05) is 0 Å². The topological polar surface area (TPSA) is 65.3 Å². The van der Waals surface area contributed by atoms with E-state index in [0.717, 1.165) is 6.07 Å². The number of hydrogen-bond acceptors (Lipinski definition) is 4. The molecule has 5 nitrogen and oxygen atoms in total. The number of hydrogen-bond donors (Lipinski definition) is 0. The van der Waals surface area contributed by atoms with Crippen LogP contribution in [0.3, 0.4) is 0 Å². The molecule has 0 spiro atoms. The van der Waals surface area contributed by atoms with Crippen LogP contribution in [0.5, 0.6) is 5.88 Å². The van der Waals surface area contributed by atoms with Crippen LogP contribution in [0.4, 0.5) is 14.6 Å². The van der Waals surface area contributed by atoms with Crippen LogP contribution in [0.15, 0.2) is 10.5 Å². The van der Waals surface area contributed by atoms with E-state index in [9.17, 15) is 18.9 Å². The summed E-state index contributed by atoms with van der Waals surface area (Å²) in [6, 6.07) is 0.925. The van der Waals surface area contributed by atoms with E-state index < -0.39 is 22.7 Å². The Bertz CT molecular complexity index is 400. The molecule has 0 aliphatic heterocycles. The zero-order valence-corrected chi connectivity index (χ0v) is 8.99. The zero-order valence-electron chi connectivity index (χ0n) is 7.41. The molecule has 1 rings (SSSR count). The van der Waals surface area contributed by atoms with Gasteiger partial charge in [-0.25, -0.2) is 8.78 Å². The number of rotatable bonds is 3. The van der Waals surface area contributed by atoms with Gasteiger partial charge >= 0.3 is 11.7 Å². The van der Waals surface area contributed by atoms with Crippen LogP contribution in [0.1, 0.15) is 12.0 Å². The third-order valence-electron chi connectivity index (χ3n) is 1.55. The minimum absolute atomic E-state index is 0.105. The maximum Gasteiger partial charge on any atom is 0.376 e. The summed E-state index contributed by atoms with van der Waals surface area (Å²) in [6.45, 7) is 0. The van der Waals surface area contributed by atoms with E-state index >= 15 is 0 Å². The van der Waals surface area contributed by atoms with Crippen molar-refractivity contribution in [2.75, 3.05) is 7.11 Å². The summed E-state index contributed by atoms with van der Waals surface area (Å²) in [7, 11) is 1.23. The Hall–Kier alpha value is -1.31. The fourth-order valence-corrected chi connectivity index (χ4v) is 1.42. The maximum atomic E-state index is 12.4. The van der Waals surface area contributed by atoms with Crippen molar-refractivity contribution in [1.82, 2.24) is 4.98 Å². The molecule has 1 aromatic rings. The molecule has 0 aliphatic carbocycles. The first-order valence-electron chi connectivity index (χ1n) is 3.64. The van der Waals surface area contributed by atoms with Crippen molar-refractivity contribution in [2.24, 2.45) is 0 Å². The molecule has 0 atom stereocenters. The van der Waals surface area contributed by atoms with Gasteiger partial charge in [0.25, 0.3) is 6.43 Å². The van der Waals surface area contributed by atoms with Crippen molar-refractivity contribution >= 4 is 21.7 Å². The average molecular weight is 283 g/mol. The van der Waals surface area contributed by atoms with Gasteiger partial charge in [0.15, 0.2) is 0 Å². The molecule has 0 aliphatic rings. The summed E-state index contributed by atoms with van der Waals surface area (Å²) in [5.41, 5.74) is -0.743. The lowest BCUT2D eigenvalue weighted by Gasteiger charge is -2.03. The zero-order chi connectivity index (χ0) is 11.6. The third-order valence-corrected chi connectivity index (χ3v) is 2.12. The molecular formula is C7H5BrF2N2O3. The third kappa shape index (κ3) is 2.38. The van der Waals surface area contributed by atoms with Gasteiger partial charge in [-0.3, -0.25) is 0 Å². The number of aromatic nitrogens is 1. The van der Waals surface area contributed by atoms with Gasteiger partial charge in [-0.15, -0.1) is 0 Å². The van der Waals surface area contributed by atoms with Gasteiger partial charge in [0.2, 0.25) is 0 Å². The summed E-state index contributed by atoms with van der Waals surface area (Å²) in [5, 5.41) is 10.4. The quantitative estimate of drug-likeness (QED) is 0.632. The van der Waals surface area contributed by atoms with Crippen molar-refractivity contribution < 1.29 is 18.4 Å². The SMILES string of the molecule is COc1nc([N+](=O)[O-])c(C(F)F)cc1Br. The first-order valence-corrected chi connectivity index (χ1v) is 4.43. The second-order valence-electron chi connectivity index (χ2n) is 2.45. The van der Waals surface area contributed by atoms with Crippen LogP contribution < -0.4 is 4.74 Å². The van der Waals surface area contributed by atoms with E-state index in [-0.39, 0.29) is 10.4 Å². The number of halogens is 3. The second-order valence-corrected chi connectivity index (χ2v) is 3.30. The summed E-state index contributed by atoms with van der Waals surface area (Å²) in [6.07, 6.45) is -2.96. The molecule has 0 saturated carbocycles.